The van der Waals surface area contributed by atoms with Crippen molar-refractivity contribution >= 4 is 17.9 Å². The van der Waals surface area contributed by atoms with Gasteiger partial charge in [-0.25, -0.2) is 4.79 Å². The van der Waals surface area contributed by atoms with Gasteiger partial charge in [0.15, 0.2) is 0 Å². The monoisotopic (exact) mass is 571 g/mol. The Morgan fingerprint density at radius 2 is 1.54 bits per heavy atom. The lowest BCUT2D eigenvalue weighted by molar-refractivity contribution is -0.138. The van der Waals surface area contributed by atoms with Crippen LogP contribution >= 0.6 is 11.8 Å². The molecule has 0 fully saturated rings. The van der Waals surface area contributed by atoms with Gasteiger partial charge in [0, 0.05) is 29.6 Å². The molecular formula is C28H27F6NO3S. The molecule has 0 heterocycles. The fourth-order valence-corrected chi connectivity index (χ4v) is 4.36. The van der Waals surface area contributed by atoms with Crippen LogP contribution in [0.4, 0.5) is 31.1 Å². The first-order valence-electron chi connectivity index (χ1n) is 11.7. The van der Waals surface area contributed by atoms with Crippen LogP contribution in [0.2, 0.25) is 0 Å². The number of carbonyl (C=O) groups excluding carboxylic acids is 1. The number of hydrogen-bond acceptors (Lipinski definition) is 4. The Balaban J connectivity index is 2.00. The summed E-state index contributed by atoms with van der Waals surface area (Å²) in [6.45, 7) is 3.63. The van der Waals surface area contributed by atoms with Crippen LogP contribution in [0.3, 0.4) is 0 Å². The van der Waals surface area contributed by atoms with Crippen molar-refractivity contribution in [1.82, 2.24) is 4.90 Å². The van der Waals surface area contributed by atoms with E-state index in [0.717, 1.165) is 46.5 Å². The molecule has 39 heavy (non-hydrogen) atoms. The number of carbonyl (C=O) groups is 1. The van der Waals surface area contributed by atoms with Gasteiger partial charge in [0.1, 0.15) is 11.5 Å². The van der Waals surface area contributed by atoms with Gasteiger partial charge in [-0.15, -0.1) is 11.8 Å². The molecule has 0 saturated heterocycles. The maximum Gasteiger partial charge on any atom is 0.416 e. The molecule has 0 spiro atoms. The second-order valence-corrected chi connectivity index (χ2v) is 9.99. The molecule has 3 aromatic carbocycles. The predicted molar refractivity (Wildman–Crippen MR) is 138 cm³/mol. The maximum absolute atomic E-state index is 13.5. The molecule has 0 aliphatic rings. The molecule has 0 unspecified atom stereocenters. The number of halogens is 6. The average molecular weight is 572 g/mol. The Labute approximate surface area is 226 Å². The molecule has 0 aliphatic heterocycles. The number of hydrogen-bond donors (Lipinski definition) is 0. The van der Waals surface area contributed by atoms with Crippen molar-refractivity contribution in [2.45, 2.75) is 43.6 Å². The summed E-state index contributed by atoms with van der Waals surface area (Å²) in [5, 5.41) is 0. The van der Waals surface area contributed by atoms with E-state index in [4.69, 9.17) is 9.47 Å². The van der Waals surface area contributed by atoms with Gasteiger partial charge in [-0.3, -0.25) is 0 Å². The van der Waals surface area contributed by atoms with Crippen LogP contribution in [0.1, 0.15) is 42.0 Å². The van der Waals surface area contributed by atoms with Crippen molar-refractivity contribution in [1.29, 1.82) is 0 Å². The summed E-state index contributed by atoms with van der Waals surface area (Å²) < 4.78 is 91.4. The van der Waals surface area contributed by atoms with Crippen molar-refractivity contribution in [3.63, 3.8) is 0 Å². The van der Waals surface area contributed by atoms with E-state index >= 15 is 0 Å². The Morgan fingerprint density at radius 1 is 0.872 bits per heavy atom. The molecule has 0 radical (unpaired) electrons. The highest BCUT2D eigenvalue weighted by molar-refractivity contribution is 7.98. The average Bonchev–Trinajstić information content (AvgIpc) is 2.86. The molecule has 0 atom stereocenters. The van der Waals surface area contributed by atoms with Crippen LogP contribution in [0, 0.1) is 0 Å². The third-order valence-electron chi connectivity index (χ3n) is 5.95. The highest BCUT2D eigenvalue weighted by Gasteiger charge is 2.33. The van der Waals surface area contributed by atoms with Gasteiger partial charge in [-0.05, 0) is 71.8 Å². The van der Waals surface area contributed by atoms with Crippen molar-refractivity contribution in [2.24, 2.45) is 0 Å². The number of amides is 1. The Bertz CT molecular complexity index is 1340. The molecule has 3 rings (SSSR count). The summed E-state index contributed by atoms with van der Waals surface area (Å²) in [5.74, 6) is 0.0907. The van der Waals surface area contributed by atoms with E-state index < -0.39 is 29.6 Å². The smallest absolute Gasteiger partial charge is 0.416 e. The summed E-state index contributed by atoms with van der Waals surface area (Å²) in [5.41, 5.74) is -0.224. The topological polar surface area (TPSA) is 38.8 Å². The molecule has 0 aliphatic carbocycles. The molecule has 0 aromatic heterocycles. The Kier molecular flexibility index (Phi) is 9.15. The van der Waals surface area contributed by atoms with Crippen molar-refractivity contribution in [2.75, 3.05) is 20.4 Å². The predicted octanol–water partition coefficient (Wildman–Crippen LogP) is 8.88. The van der Waals surface area contributed by atoms with Gasteiger partial charge in [0.05, 0.1) is 18.2 Å². The normalized spacial score (nSPS) is 12.0. The summed E-state index contributed by atoms with van der Waals surface area (Å²) in [4.78, 5) is 14.3. The van der Waals surface area contributed by atoms with Gasteiger partial charge >= 0.3 is 18.4 Å². The number of benzene rings is 3. The van der Waals surface area contributed by atoms with Crippen molar-refractivity contribution in [3.05, 3.63) is 76.9 Å². The SMILES string of the molecule is COc1ccc(C(C)C)cc1-c1ccc(C(F)(F)F)cc1OC(=O)N(C)Cc1cc(SC)cc(C(F)(F)F)c1. The first-order chi connectivity index (χ1) is 18.1. The van der Waals surface area contributed by atoms with Gasteiger partial charge < -0.3 is 14.4 Å². The van der Waals surface area contributed by atoms with Crippen LogP contribution in [0.5, 0.6) is 11.5 Å². The molecule has 11 heteroatoms. The summed E-state index contributed by atoms with van der Waals surface area (Å²) in [6.07, 6.45) is -8.72. The zero-order chi connectivity index (χ0) is 29.1. The second kappa shape index (κ2) is 11.8. The number of rotatable bonds is 7. The van der Waals surface area contributed by atoms with Crippen molar-refractivity contribution in [3.8, 4) is 22.6 Å². The van der Waals surface area contributed by atoms with E-state index in [2.05, 4.69) is 0 Å². The van der Waals surface area contributed by atoms with Gasteiger partial charge in [0.25, 0.3) is 0 Å². The number of nitrogens with zero attached hydrogens (tertiary/aromatic N) is 1. The first kappa shape index (κ1) is 30.2. The van der Waals surface area contributed by atoms with Crippen LogP contribution < -0.4 is 9.47 Å². The molecule has 3 aromatic rings. The minimum absolute atomic E-state index is 0.0971. The van der Waals surface area contributed by atoms with E-state index in [1.807, 2.05) is 19.9 Å². The lowest BCUT2D eigenvalue weighted by Crippen LogP contribution is -2.29. The molecular weight excluding hydrogens is 544 g/mol. The number of alkyl halides is 6. The molecule has 0 bridgehead atoms. The van der Waals surface area contributed by atoms with E-state index in [0.29, 0.717) is 16.2 Å². The molecule has 0 saturated carbocycles. The zero-order valence-electron chi connectivity index (χ0n) is 21.8. The van der Waals surface area contributed by atoms with Gasteiger partial charge in [0.2, 0.25) is 0 Å². The van der Waals surface area contributed by atoms with Crippen LogP contribution in [0.15, 0.2) is 59.5 Å². The van der Waals surface area contributed by atoms with Crippen molar-refractivity contribution < 1.29 is 40.6 Å². The summed E-state index contributed by atoms with van der Waals surface area (Å²) >= 11 is 1.11. The lowest BCUT2D eigenvalue weighted by atomic mass is 9.95. The van der Waals surface area contributed by atoms with Gasteiger partial charge in [-0.2, -0.15) is 26.3 Å². The van der Waals surface area contributed by atoms with Crippen LogP contribution in [-0.2, 0) is 18.9 Å². The van der Waals surface area contributed by atoms with Crippen LogP contribution in [0.25, 0.3) is 11.1 Å². The first-order valence-corrected chi connectivity index (χ1v) is 12.9. The maximum atomic E-state index is 13.5. The number of methoxy groups -OCH3 is 1. The fourth-order valence-electron chi connectivity index (χ4n) is 3.84. The quantitative estimate of drug-likeness (QED) is 0.210. The number of thioether (sulfide) groups is 1. The summed E-state index contributed by atoms with van der Waals surface area (Å²) in [6, 6.07) is 11.5. The van der Waals surface area contributed by atoms with E-state index in [-0.39, 0.29) is 29.3 Å². The summed E-state index contributed by atoms with van der Waals surface area (Å²) in [7, 11) is 2.70. The van der Waals surface area contributed by atoms with E-state index in [9.17, 15) is 31.1 Å². The minimum atomic E-state index is -4.71. The molecule has 1 amide bonds. The minimum Gasteiger partial charge on any atom is -0.496 e. The van der Waals surface area contributed by atoms with Gasteiger partial charge in [-0.1, -0.05) is 19.9 Å². The molecule has 0 N–H and O–H groups in total. The highest BCUT2D eigenvalue weighted by atomic mass is 32.2. The Hall–Kier alpha value is -3.34. The Morgan fingerprint density at radius 3 is 2.10 bits per heavy atom. The third kappa shape index (κ3) is 7.40. The second-order valence-electron chi connectivity index (χ2n) is 9.11. The lowest BCUT2D eigenvalue weighted by Gasteiger charge is -2.21. The zero-order valence-corrected chi connectivity index (χ0v) is 22.6. The van der Waals surface area contributed by atoms with E-state index in [1.54, 1.807) is 18.4 Å². The van der Waals surface area contributed by atoms with E-state index in [1.165, 1.54) is 26.3 Å². The fraction of sp³-hybridized carbons (Fsp3) is 0.321. The van der Waals surface area contributed by atoms with Crippen LogP contribution in [-0.4, -0.2) is 31.4 Å². The highest BCUT2D eigenvalue weighted by Crippen LogP contribution is 2.42. The third-order valence-corrected chi connectivity index (χ3v) is 6.65. The largest absolute Gasteiger partial charge is 0.496 e. The molecule has 210 valence electrons. The molecule has 4 nitrogen and oxygen atoms in total. The number of ether oxygens (including phenoxy) is 2. The standard InChI is InChI=1S/C28H27F6NO3S/c1-16(2)18-6-9-24(37-4)23(12-18)22-8-7-19(27(29,30)31)14-25(22)38-26(36)35(3)15-17-10-20(28(32,33)34)13-21(11-17)39-5/h6-14,16H,15H2,1-5H3.